The van der Waals surface area contributed by atoms with Crippen LogP contribution < -0.4 is 0 Å². The first-order valence-corrected chi connectivity index (χ1v) is 9.79. The molecule has 0 radical (unpaired) electrons. The minimum absolute atomic E-state index is 0.0908. The quantitative estimate of drug-likeness (QED) is 0.877. The van der Waals surface area contributed by atoms with Gasteiger partial charge in [0.2, 0.25) is 16.4 Å². The van der Waals surface area contributed by atoms with E-state index < -0.39 is 34.5 Å². The zero-order valence-electron chi connectivity index (χ0n) is 13.1. The van der Waals surface area contributed by atoms with E-state index in [1.165, 1.54) is 28.6 Å². The van der Waals surface area contributed by atoms with Crippen molar-refractivity contribution in [3.8, 4) is 0 Å². The van der Waals surface area contributed by atoms with Crippen LogP contribution >= 0.6 is 11.6 Å². The monoisotopic (exact) mass is 387 g/mol. The zero-order valence-corrected chi connectivity index (χ0v) is 14.6. The van der Waals surface area contributed by atoms with Crippen LogP contribution in [-0.2, 0) is 16.4 Å². The fourth-order valence-electron chi connectivity index (χ4n) is 3.94. The van der Waals surface area contributed by atoms with E-state index in [-0.39, 0.29) is 17.7 Å². The lowest BCUT2D eigenvalue weighted by Gasteiger charge is -2.47. The summed E-state index contributed by atoms with van der Waals surface area (Å²) >= 11 is 5.85. The Kier molecular flexibility index (Phi) is 4.09. The average molecular weight is 388 g/mol. The Morgan fingerprint density at radius 1 is 1.24 bits per heavy atom. The number of H-pyrrole nitrogens is 1. The van der Waals surface area contributed by atoms with E-state index in [0.717, 1.165) is 5.69 Å². The lowest BCUT2D eigenvalue weighted by molar-refractivity contribution is 0.00701. The molecular formula is C16H16ClF2N3O2S. The van der Waals surface area contributed by atoms with E-state index in [0.29, 0.717) is 17.0 Å². The molecule has 1 N–H and O–H groups in total. The maximum Gasteiger partial charge on any atom is 0.243 e. The first-order chi connectivity index (χ1) is 11.9. The Bertz CT molecular complexity index is 885. The molecule has 3 heterocycles. The Morgan fingerprint density at radius 3 is 2.64 bits per heavy atom. The average Bonchev–Trinajstić information content (AvgIpc) is 3.02. The van der Waals surface area contributed by atoms with Crippen molar-refractivity contribution in [3.05, 3.63) is 46.7 Å². The Hall–Kier alpha value is -1.51. The predicted octanol–water partition coefficient (Wildman–Crippen LogP) is 3.39. The van der Waals surface area contributed by atoms with E-state index in [9.17, 15) is 17.2 Å². The van der Waals surface area contributed by atoms with Crippen LogP contribution in [0, 0.1) is 5.92 Å². The number of halogens is 3. The van der Waals surface area contributed by atoms with E-state index in [1.54, 1.807) is 6.20 Å². The third-order valence-electron chi connectivity index (χ3n) is 5.06. The molecule has 4 rings (SSSR count). The summed E-state index contributed by atoms with van der Waals surface area (Å²) in [5, 5.41) is 7.29. The summed E-state index contributed by atoms with van der Waals surface area (Å²) in [4.78, 5) is 0.120. The maximum atomic E-state index is 13.3. The van der Waals surface area contributed by atoms with Crippen LogP contribution in [0.5, 0.6) is 0 Å². The molecule has 5 nitrogen and oxygen atoms in total. The maximum absolute atomic E-state index is 13.3. The van der Waals surface area contributed by atoms with Gasteiger partial charge in [-0.25, -0.2) is 17.2 Å². The molecule has 2 aromatic rings. The predicted molar refractivity (Wildman–Crippen MR) is 88.0 cm³/mol. The molecular weight excluding hydrogens is 372 g/mol. The van der Waals surface area contributed by atoms with E-state index in [2.05, 4.69) is 10.2 Å². The molecule has 2 bridgehead atoms. The van der Waals surface area contributed by atoms with Gasteiger partial charge in [-0.3, -0.25) is 5.10 Å². The van der Waals surface area contributed by atoms with Gasteiger partial charge in [0.15, 0.2) is 0 Å². The summed E-state index contributed by atoms with van der Waals surface area (Å²) in [5.74, 6) is -0.810. The number of piperidine rings is 1. The number of nitrogens with zero attached hydrogens (tertiary/aromatic N) is 2. The van der Waals surface area contributed by atoms with E-state index >= 15 is 0 Å². The van der Waals surface area contributed by atoms with Crippen molar-refractivity contribution in [1.29, 1.82) is 0 Å². The van der Waals surface area contributed by atoms with Gasteiger partial charge in [-0.15, -0.1) is 0 Å². The lowest BCUT2D eigenvalue weighted by atomic mass is 9.79. The van der Waals surface area contributed by atoms with Crippen molar-refractivity contribution in [1.82, 2.24) is 14.5 Å². The standard InChI is InChI=1S/C16H16ClF2N3O2S/c17-10-1-3-12(4-2-10)25(23,24)22-11-5-9(16(18)19)6-15(22)13-8-20-21-14(13)7-11/h1-4,8-9,11,15-16H,5-7H2,(H,20,21). The summed E-state index contributed by atoms with van der Waals surface area (Å²) < 4.78 is 54.4. The van der Waals surface area contributed by atoms with Gasteiger partial charge in [-0.1, -0.05) is 11.6 Å². The van der Waals surface area contributed by atoms with E-state index in [1.807, 2.05) is 0 Å². The molecule has 3 unspecified atom stereocenters. The number of sulfonamides is 1. The number of aromatic nitrogens is 2. The van der Waals surface area contributed by atoms with Crippen LogP contribution in [0.15, 0.2) is 35.4 Å². The molecule has 0 aliphatic carbocycles. The molecule has 3 atom stereocenters. The van der Waals surface area contributed by atoms with Crippen molar-refractivity contribution in [2.24, 2.45) is 5.92 Å². The van der Waals surface area contributed by atoms with Crippen LogP contribution in [0.25, 0.3) is 0 Å². The minimum Gasteiger partial charge on any atom is -0.282 e. The van der Waals surface area contributed by atoms with Gasteiger partial charge in [-0.05, 0) is 37.1 Å². The first kappa shape index (κ1) is 16.9. The second-order valence-electron chi connectivity index (χ2n) is 6.53. The number of hydrogen-bond donors (Lipinski definition) is 1. The number of aromatic amines is 1. The van der Waals surface area contributed by atoms with Crippen molar-refractivity contribution in [3.63, 3.8) is 0 Å². The summed E-state index contributed by atoms with van der Waals surface area (Å²) in [5.41, 5.74) is 1.53. The third-order valence-corrected chi connectivity index (χ3v) is 7.29. The number of rotatable bonds is 3. The Balaban J connectivity index is 1.78. The van der Waals surface area contributed by atoms with Crippen LogP contribution in [0.2, 0.25) is 5.02 Å². The van der Waals surface area contributed by atoms with Crippen LogP contribution in [0.3, 0.4) is 0 Å². The number of hydrogen-bond acceptors (Lipinski definition) is 3. The van der Waals surface area contributed by atoms with Crippen molar-refractivity contribution in [2.75, 3.05) is 0 Å². The fourth-order valence-corrected chi connectivity index (χ4v) is 5.88. The molecule has 0 saturated carbocycles. The first-order valence-electron chi connectivity index (χ1n) is 7.97. The molecule has 1 aromatic heterocycles. The van der Waals surface area contributed by atoms with Crippen molar-refractivity contribution < 1.29 is 17.2 Å². The summed E-state index contributed by atoms with van der Waals surface area (Å²) in [7, 11) is -3.82. The number of fused-ring (bicyclic) bond motifs is 4. The van der Waals surface area contributed by atoms with Gasteiger partial charge < -0.3 is 0 Å². The third kappa shape index (κ3) is 2.76. The largest absolute Gasteiger partial charge is 0.282 e. The van der Waals surface area contributed by atoms with Crippen LogP contribution in [0.4, 0.5) is 8.78 Å². The van der Waals surface area contributed by atoms with Gasteiger partial charge in [0.05, 0.1) is 17.1 Å². The second kappa shape index (κ2) is 6.03. The molecule has 0 spiro atoms. The van der Waals surface area contributed by atoms with Gasteiger partial charge in [0.25, 0.3) is 0 Å². The zero-order chi connectivity index (χ0) is 17.8. The molecule has 9 heteroatoms. The molecule has 2 aliphatic heterocycles. The molecule has 134 valence electrons. The van der Waals surface area contributed by atoms with Gasteiger partial charge in [0.1, 0.15) is 0 Å². The minimum atomic E-state index is -3.82. The highest BCUT2D eigenvalue weighted by molar-refractivity contribution is 7.89. The fraction of sp³-hybridized carbons (Fsp3) is 0.438. The van der Waals surface area contributed by atoms with Crippen LogP contribution in [0.1, 0.15) is 30.1 Å². The number of benzene rings is 1. The highest BCUT2D eigenvalue weighted by Gasteiger charge is 2.49. The molecule has 1 fully saturated rings. The normalized spacial score (nSPS) is 26.6. The smallest absolute Gasteiger partial charge is 0.243 e. The highest BCUT2D eigenvalue weighted by atomic mass is 35.5. The number of nitrogens with one attached hydrogen (secondary N) is 1. The number of alkyl halides is 2. The van der Waals surface area contributed by atoms with Gasteiger partial charge in [0, 0.05) is 34.7 Å². The molecule has 0 amide bonds. The summed E-state index contributed by atoms with van der Waals surface area (Å²) in [6.45, 7) is 0. The lowest BCUT2D eigenvalue weighted by Crippen LogP contribution is -2.52. The van der Waals surface area contributed by atoms with Crippen molar-refractivity contribution in [2.45, 2.75) is 42.7 Å². The summed E-state index contributed by atoms with van der Waals surface area (Å²) in [6.07, 6.45) is -0.317. The summed E-state index contributed by atoms with van der Waals surface area (Å²) in [6, 6.07) is 4.79. The van der Waals surface area contributed by atoms with Gasteiger partial charge >= 0.3 is 0 Å². The molecule has 1 aromatic carbocycles. The molecule has 2 aliphatic rings. The molecule has 25 heavy (non-hydrogen) atoms. The second-order valence-corrected chi connectivity index (χ2v) is 8.81. The van der Waals surface area contributed by atoms with Crippen LogP contribution in [-0.4, -0.2) is 35.4 Å². The Morgan fingerprint density at radius 2 is 1.96 bits per heavy atom. The van der Waals surface area contributed by atoms with Crippen molar-refractivity contribution >= 4 is 21.6 Å². The van der Waals surface area contributed by atoms with Gasteiger partial charge in [-0.2, -0.15) is 9.40 Å². The van der Waals surface area contributed by atoms with E-state index in [4.69, 9.17) is 11.6 Å². The molecule has 1 saturated heterocycles. The Labute approximate surface area is 149 Å². The highest BCUT2D eigenvalue weighted by Crippen LogP contribution is 2.47. The topological polar surface area (TPSA) is 66.1 Å². The SMILES string of the molecule is O=S(=O)(c1ccc(Cl)cc1)N1C2Cc3[nH]ncc3C1CC(C(F)F)C2.